The number of amides is 1. The fraction of sp³-hybridized carbons (Fsp3) is 0.600. The first-order valence-electron chi connectivity index (χ1n) is 11.5. The Labute approximate surface area is 199 Å². The molecule has 2 aromatic heterocycles. The Hall–Kier alpha value is -2.66. The van der Waals surface area contributed by atoms with Gasteiger partial charge in [-0.3, -0.25) is 4.79 Å². The van der Waals surface area contributed by atoms with Gasteiger partial charge in [0.05, 0.1) is 17.7 Å². The van der Waals surface area contributed by atoms with E-state index in [9.17, 15) is 9.59 Å². The van der Waals surface area contributed by atoms with Crippen LogP contribution in [0.3, 0.4) is 0 Å². The minimum atomic E-state index is -0.492. The SMILES string of the molecule is CCc1noc(CN(c2cc(C#CC(C)(C)C)sc2C(=O)OC)C(=O)[C@H]2CC[C@H](C)CC2)n1. The van der Waals surface area contributed by atoms with Gasteiger partial charge in [-0.05, 0) is 58.4 Å². The lowest BCUT2D eigenvalue weighted by Crippen LogP contribution is -2.38. The summed E-state index contributed by atoms with van der Waals surface area (Å²) >= 11 is 1.24. The summed E-state index contributed by atoms with van der Waals surface area (Å²) in [6.07, 6.45) is 4.32. The molecule has 0 unspecified atom stereocenters. The van der Waals surface area contributed by atoms with Crippen molar-refractivity contribution >= 4 is 28.9 Å². The van der Waals surface area contributed by atoms with E-state index in [1.165, 1.54) is 18.4 Å². The highest BCUT2D eigenvalue weighted by molar-refractivity contribution is 7.15. The van der Waals surface area contributed by atoms with Crippen molar-refractivity contribution in [2.45, 2.75) is 73.3 Å². The second-order valence-corrected chi connectivity index (χ2v) is 10.7. The Balaban J connectivity index is 2.03. The van der Waals surface area contributed by atoms with Gasteiger partial charge in [0, 0.05) is 17.8 Å². The molecule has 8 heteroatoms. The van der Waals surface area contributed by atoms with E-state index in [1.54, 1.807) is 11.0 Å². The van der Waals surface area contributed by atoms with Crippen molar-refractivity contribution in [3.05, 3.63) is 27.5 Å². The van der Waals surface area contributed by atoms with Gasteiger partial charge >= 0.3 is 5.97 Å². The molecule has 1 aliphatic carbocycles. The van der Waals surface area contributed by atoms with Crippen LogP contribution < -0.4 is 4.90 Å². The summed E-state index contributed by atoms with van der Waals surface area (Å²) < 4.78 is 10.4. The Morgan fingerprint density at radius 2 is 1.97 bits per heavy atom. The number of hydrogen-bond donors (Lipinski definition) is 0. The quantitative estimate of drug-likeness (QED) is 0.423. The van der Waals surface area contributed by atoms with Crippen molar-refractivity contribution in [1.82, 2.24) is 10.1 Å². The molecule has 1 aliphatic rings. The molecule has 0 N–H and O–H groups in total. The average molecular weight is 472 g/mol. The fourth-order valence-electron chi connectivity index (χ4n) is 3.77. The van der Waals surface area contributed by atoms with Gasteiger partial charge < -0.3 is 14.2 Å². The Morgan fingerprint density at radius 3 is 2.55 bits per heavy atom. The summed E-state index contributed by atoms with van der Waals surface area (Å²) in [4.78, 5) is 33.4. The summed E-state index contributed by atoms with van der Waals surface area (Å²) in [6, 6.07) is 1.80. The molecular formula is C25H33N3O4S. The van der Waals surface area contributed by atoms with Crippen molar-refractivity contribution in [2.75, 3.05) is 12.0 Å². The monoisotopic (exact) mass is 471 g/mol. The summed E-state index contributed by atoms with van der Waals surface area (Å²) in [5.41, 5.74) is 0.300. The molecule has 1 fully saturated rings. The van der Waals surface area contributed by atoms with Crippen LogP contribution in [0.15, 0.2) is 10.6 Å². The van der Waals surface area contributed by atoms with Crippen LogP contribution in [-0.4, -0.2) is 29.1 Å². The highest BCUT2D eigenvalue weighted by Gasteiger charge is 2.33. The lowest BCUT2D eigenvalue weighted by molar-refractivity contribution is -0.123. The van der Waals surface area contributed by atoms with Crippen molar-refractivity contribution in [3.63, 3.8) is 0 Å². The lowest BCUT2D eigenvalue weighted by atomic mass is 9.82. The number of aromatic nitrogens is 2. The highest BCUT2D eigenvalue weighted by Crippen LogP contribution is 2.36. The van der Waals surface area contributed by atoms with Crippen LogP contribution in [0.4, 0.5) is 5.69 Å². The van der Waals surface area contributed by atoms with Crippen LogP contribution in [0.1, 0.15) is 86.6 Å². The number of hydrogen-bond acceptors (Lipinski definition) is 7. The van der Waals surface area contributed by atoms with Crippen LogP contribution in [0.5, 0.6) is 0 Å². The van der Waals surface area contributed by atoms with Crippen molar-refractivity contribution < 1.29 is 18.8 Å². The predicted molar refractivity (Wildman–Crippen MR) is 128 cm³/mol. The number of anilines is 1. The van der Waals surface area contributed by atoms with Gasteiger partial charge in [0.2, 0.25) is 11.8 Å². The molecule has 33 heavy (non-hydrogen) atoms. The Kier molecular flexibility index (Phi) is 7.96. The van der Waals surface area contributed by atoms with Crippen LogP contribution in [0.25, 0.3) is 0 Å². The molecule has 178 valence electrons. The average Bonchev–Trinajstić information content (AvgIpc) is 3.42. The van der Waals surface area contributed by atoms with E-state index in [0.717, 1.165) is 25.7 Å². The van der Waals surface area contributed by atoms with E-state index in [1.807, 2.05) is 27.7 Å². The summed E-state index contributed by atoms with van der Waals surface area (Å²) in [7, 11) is 1.34. The lowest BCUT2D eigenvalue weighted by Gasteiger charge is -2.30. The second kappa shape index (κ2) is 10.5. The van der Waals surface area contributed by atoms with E-state index in [-0.39, 0.29) is 23.8 Å². The predicted octanol–water partition coefficient (Wildman–Crippen LogP) is 5.24. The molecule has 0 atom stereocenters. The van der Waals surface area contributed by atoms with Gasteiger partial charge in [0.25, 0.3) is 0 Å². The molecular weight excluding hydrogens is 438 g/mol. The van der Waals surface area contributed by atoms with Gasteiger partial charge in [-0.1, -0.05) is 30.8 Å². The smallest absolute Gasteiger partial charge is 0.350 e. The first-order valence-corrected chi connectivity index (χ1v) is 12.3. The number of aryl methyl sites for hydroxylation is 1. The van der Waals surface area contributed by atoms with Crippen LogP contribution >= 0.6 is 11.3 Å². The zero-order chi connectivity index (χ0) is 24.2. The first-order chi connectivity index (χ1) is 15.6. The molecule has 2 heterocycles. The molecule has 1 saturated carbocycles. The number of ether oxygens (including phenoxy) is 1. The van der Waals surface area contributed by atoms with E-state index in [0.29, 0.717) is 39.5 Å². The van der Waals surface area contributed by atoms with Crippen LogP contribution in [-0.2, 0) is 22.5 Å². The Bertz CT molecular complexity index is 1050. The maximum absolute atomic E-state index is 13.7. The molecule has 2 aromatic rings. The molecule has 0 bridgehead atoms. The number of esters is 1. The third-order valence-electron chi connectivity index (χ3n) is 5.69. The first kappa shape index (κ1) is 25.0. The van der Waals surface area contributed by atoms with Crippen molar-refractivity contribution in [3.8, 4) is 11.8 Å². The van der Waals surface area contributed by atoms with Gasteiger partial charge in [-0.2, -0.15) is 4.98 Å². The van der Waals surface area contributed by atoms with Gasteiger partial charge in [-0.25, -0.2) is 4.79 Å². The summed E-state index contributed by atoms with van der Waals surface area (Å²) in [5, 5.41) is 3.96. The van der Waals surface area contributed by atoms with E-state index >= 15 is 0 Å². The molecule has 3 rings (SSSR count). The fourth-order valence-corrected chi connectivity index (χ4v) is 4.71. The normalized spacial score (nSPS) is 18.4. The van der Waals surface area contributed by atoms with Crippen molar-refractivity contribution in [2.24, 2.45) is 17.3 Å². The van der Waals surface area contributed by atoms with Gasteiger partial charge in [-0.15, -0.1) is 11.3 Å². The second-order valence-electron chi connectivity index (χ2n) is 9.66. The summed E-state index contributed by atoms with van der Waals surface area (Å²) in [6.45, 7) is 10.3. The molecule has 7 nitrogen and oxygen atoms in total. The summed E-state index contributed by atoms with van der Waals surface area (Å²) in [5.74, 6) is 7.26. The molecule has 0 saturated heterocycles. The Morgan fingerprint density at radius 1 is 1.27 bits per heavy atom. The number of rotatable bonds is 6. The largest absolute Gasteiger partial charge is 0.465 e. The molecule has 0 radical (unpaired) electrons. The van der Waals surface area contributed by atoms with Gasteiger partial charge in [0.1, 0.15) is 11.4 Å². The number of carbonyl (C=O) groups excluding carboxylic acids is 2. The molecule has 0 aliphatic heterocycles. The van der Waals surface area contributed by atoms with Crippen molar-refractivity contribution in [1.29, 1.82) is 0 Å². The number of nitrogens with zero attached hydrogens (tertiary/aromatic N) is 3. The van der Waals surface area contributed by atoms with E-state index in [4.69, 9.17) is 9.26 Å². The number of thiophene rings is 1. The van der Waals surface area contributed by atoms with Crippen LogP contribution in [0.2, 0.25) is 0 Å². The van der Waals surface area contributed by atoms with E-state index < -0.39 is 5.97 Å². The van der Waals surface area contributed by atoms with Gasteiger partial charge in [0.15, 0.2) is 5.82 Å². The third-order valence-corrected chi connectivity index (χ3v) is 6.71. The van der Waals surface area contributed by atoms with E-state index in [2.05, 4.69) is 28.9 Å². The number of methoxy groups -OCH3 is 1. The minimum Gasteiger partial charge on any atom is -0.465 e. The third kappa shape index (κ3) is 6.44. The maximum Gasteiger partial charge on any atom is 0.350 e. The minimum absolute atomic E-state index is 0.0311. The highest BCUT2D eigenvalue weighted by atomic mass is 32.1. The number of carbonyl (C=O) groups is 2. The van der Waals surface area contributed by atoms with Crippen LogP contribution in [0, 0.1) is 29.1 Å². The zero-order valence-electron chi connectivity index (χ0n) is 20.4. The zero-order valence-corrected chi connectivity index (χ0v) is 21.2. The molecule has 0 aromatic carbocycles. The topological polar surface area (TPSA) is 85.5 Å². The molecule has 0 spiro atoms. The maximum atomic E-state index is 13.7. The standard InChI is InChI=1S/C25H33N3O4S/c1-7-20-26-21(32-27-20)15-28(23(29)17-10-8-16(2)9-11-17)19-14-18(12-13-25(3,4)5)33-22(19)24(30)31-6/h14,16-17H,7-11,15H2,1-6H3/t16-,17-. The molecule has 1 amide bonds.